The predicted octanol–water partition coefficient (Wildman–Crippen LogP) is 6.16. The van der Waals surface area contributed by atoms with E-state index >= 15 is 0 Å². The van der Waals surface area contributed by atoms with Gasteiger partial charge < -0.3 is 4.74 Å². The quantitative estimate of drug-likeness (QED) is 0.334. The number of carbonyl (C=O) groups is 1. The van der Waals surface area contributed by atoms with Crippen LogP contribution >= 0.6 is 11.3 Å². The summed E-state index contributed by atoms with van der Waals surface area (Å²) in [6.07, 6.45) is 5.04. The molecule has 0 spiro atoms. The molecule has 0 aliphatic heterocycles. The lowest BCUT2D eigenvalue weighted by Gasteiger charge is -2.11. The molecule has 0 amide bonds. The molecule has 3 aromatic rings. The molecule has 0 atom stereocenters. The first-order chi connectivity index (χ1) is 12.8. The van der Waals surface area contributed by atoms with Crippen molar-refractivity contribution in [1.82, 2.24) is 0 Å². The average Bonchev–Trinajstić information content (AvgIpc) is 3.11. The predicted molar refractivity (Wildman–Crippen MR) is 105 cm³/mol. The molecular formula is C22H21FO2S. The highest BCUT2D eigenvalue weighted by Gasteiger charge is 2.10. The average molecular weight is 368 g/mol. The fraction of sp³-hybridized carbons (Fsp3) is 0.227. The zero-order valence-corrected chi connectivity index (χ0v) is 15.3. The number of benzene rings is 2. The van der Waals surface area contributed by atoms with Crippen LogP contribution in [0.5, 0.6) is 5.75 Å². The number of aldehydes is 1. The van der Waals surface area contributed by atoms with Crippen LogP contribution in [0.15, 0.2) is 60.7 Å². The van der Waals surface area contributed by atoms with Gasteiger partial charge in [0.25, 0.3) is 0 Å². The van der Waals surface area contributed by atoms with Gasteiger partial charge in [0.1, 0.15) is 12.0 Å². The maximum absolute atomic E-state index is 13.4. The van der Waals surface area contributed by atoms with E-state index in [1.165, 1.54) is 11.6 Å². The highest BCUT2D eigenvalue weighted by molar-refractivity contribution is 7.13. The summed E-state index contributed by atoms with van der Waals surface area (Å²) < 4.78 is 19.3. The third kappa shape index (κ3) is 5.02. The van der Waals surface area contributed by atoms with Crippen molar-refractivity contribution in [3.63, 3.8) is 0 Å². The lowest BCUT2D eigenvalue weighted by atomic mass is 10.1. The summed E-state index contributed by atoms with van der Waals surface area (Å²) in [5.41, 5.74) is 2.69. The molecule has 0 radical (unpaired) electrons. The van der Waals surface area contributed by atoms with Crippen molar-refractivity contribution in [2.45, 2.75) is 25.7 Å². The van der Waals surface area contributed by atoms with Crippen molar-refractivity contribution in [1.29, 1.82) is 0 Å². The number of carbonyl (C=O) groups excluding carboxylic acids is 1. The first kappa shape index (κ1) is 18.3. The fourth-order valence-corrected chi connectivity index (χ4v) is 3.58. The smallest absolute Gasteiger partial charge is 0.176 e. The maximum Gasteiger partial charge on any atom is 0.176 e. The minimum absolute atomic E-state index is 0.247. The molecule has 0 fully saturated rings. The van der Waals surface area contributed by atoms with Gasteiger partial charge >= 0.3 is 0 Å². The van der Waals surface area contributed by atoms with Gasteiger partial charge in [-0.1, -0.05) is 30.3 Å². The summed E-state index contributed by atoms with van der Waals surface area (Å²) in [6, 6.07) is 18.9. The Morgan fingerprint density at radius 2 is 1.81 bits per heavy atom. The Balaban J connectivity index is 1.53. The second kappa shape index (κ2) is 9.30. The van der Waals surface area contributed by atoms with Crippen LogP contribution in [0, 0.1) is 5.13 Å². The van der Waals surface area contributed by atoms with E-state index in [2.05, 4.69) is 24.3 Å². The van der Waals surface area contributed by atoms with Gasteiger partial charge in [0.15, 0.2) is 5.13 Å². The molecule has 0 aliphatic rings. The molecule has 2 nitrogen and oxygen atoms in total. The second-order valence-electron chi connectivity index (χ2n) is 6.12. The standard InChI is InChI=1S/C22H21FO2S/c23-22-13-12-21(26-22)19-15-18(16-24)10-11-20(19)25-14-6-2-5-9-17-7-3-1-4-8-17/h1,3-4,7-8,10-13,15-16H,2,5-6,9,14H2. The molecule has 4 heteroatoms. The van der Waals surface area contributed by atoms with Crippen LogP contribution in [0.1, 0.15) is 35.2 Å². The molecule has 0 N–H and O–H groups in total. The molecule has 1 heterocycles. The highest BCUT2D eigenvalue weighted by Crippen LogP contribution is 2.35. The van der Waals surface area contributed by atoms with Crippen molar-refractivity contribution < 1.29 is 13.9 Å². The Bertz CT molecular complexity index is 842. The Hall–Kier alpha value is -2.46. The molecule has 0 saturated carbocycles. The van der Waals surface area contributed by atoms with Crippen molar-refractivity contribution in [3.05, 3.63) is 76.9 Å². The third-order valence-electron chi connectivity index (χ3n) is 4.19. The summed E-state index contributed by atoms with van der Waals surface area (Å²) in [5.74, 6) is 0.695. The number of thiophene rings is 1. The zero-order chi connectivity index (χ0) is 18.2. The molecule has 0 unspecified atom stereocenters. The van der Waals surface area contributed by atoms with E-state index in [4.69, 9.17) is 4.74 Å². The SMILES string of the molecule is O=Cc1ccc(OCCCCCc2ccccc2)c(-c2ccc(F)s2)c1. The molecular weight excluding hydrogens is 347 g/mol. The number of hydrogen-bond acceptors (Lipinski definition) is 3. The van der Waals surface area contributed by atoms with Crippen molar-refractivity contribution >= 4 is 17.6 Å². The Kier molecular flexibility index (Phi) is 6.56. The molecule has 2 aromatic carbocycles. The Morgan fingerprint density at radius 1 is 0.962 bits per heavy atom. The number of unbranched alkanes of at least 4 members (excludes halogenated alkanes) is 2. The van der Waals surface area contributed by atoms with E-state index in [0.717, 1.165) is 53.7 Å². The van der Waals surface area contributed by atoms with Gasteiger partial charge in [0.2, 0.25) is 0 Å². The van der Waals surface area contributed by atoms with Crippen molar-refractivity contribution in [3.8, 4) is 16.2 Å². The summed E-state index contributed by atoms with van der Waals surface area (Å²) in [6.45, 7) is 0.607. The van der Waals surface area contributed by atoms with Gasteiger partial charge in [0, 0.05) is 16.0 Å². The van der Waals surface area contributed by atoms with Crippen LogP contribution in [0.3, 0.4) is 0 Å². The summed E-state index contributed by atoms with van der Waals surface area (Å²) >= 11 is 1.06. The maximum atomic E-state index is 13.4. The van der Waals surface area contributed by atoms with Gasteiger partial charge in [-0.05, 0) is 61.6 Å². The minimum atomic E-state index is -0.247. The normalized spacial score (nSPS) is 10.7. The molecule has 0 bridgehead atoms. The molecule has 0 saturated heterocycles. The summed E-state index contributed by atoms with van der Waals surface area (Å²) in [7, 11) is 0. The first-order valence-electron chi connectivity index (χ1n) is 8.78. The van der Waals surface area contributed by atoms with Crippen molar-refractivity contribution in [2.24, 2.45) is 0 Å². The first-order valence-corrected chi connectivity index (χ1v) is 9.59. The molecule has 26 heavy (non-hydrogen) atoms. The van der Waals surface area contributed by atoms with Crippen LogP contribution in [-0.4, -0.2) is 12.9 Å². The molecule has 1 aromatic heterocycles. The van der Waals surface area contributed by atoms with Crippen LogP contribution in [0.2, 0.25) is 0 Å². The van der Waals surface area contributed by atoms with E-state index in [0.29, 0.717) is 17.9 Å². The van der Waals surface area contributed by atoms with Crippen LogP contribution < -0.4 is 4.74 Å². The van der Waals surface area contributed by atoms with Gasteiger partial charge in [-0.3, -0.25) is 4.79 Å². The lowest BCUT2D eigenvalue weighted by Crippen LogP contribution is -1.99. The van der Waals surface area contributed by atoms with E-state index in [1.54, 1.807) is 24.3 Å². The summed E-state index contributed by atoms with van der Waals surface area (Å²) in [4.78, 5) is 11.8. The van der Waals surface area contributed by atoms with Crippen LogP contribution in [0.25, 0.3) is 10.4 Å². The van der Waals surface area contributed by atoms with E-state index in [1.807, 2.05) is 6.07 Å². The zero-order valence-electron chi connectivity index (χ0n) is 14.5. The second-order valence-corrected chi connectivity index (χ2v) is 7.16. The molecule has 134 valence electrons. The fourth-order valence-electron chi connectivity index (χ4n) is 2.83. The number of aryl methyl sites for hydroxylation is 1. The van der Waals surface area contributed by atoms with Gasteiger partial charge in [0.05, 0.1) is 6.61 Å². The van der Waals surface area contributed by atoms with Crippen molar-refractivity contribution in [2.75, 3.05) is 6.61 Å². The monoisotopic (exact) mass is 368 g/mol. The van der Waals surface area contributed by atoms with E-state index < -0.39 is 0 Å². The van der Waals surface area contributed by atoms with Crippen LogP contribution in [0.4, 0.5) is 4.39 Å². The Morgan fingerprint density at radius 3 is 2.54 bits per heavy atom. The summed E-state index contributed by atoms with van der Waals surface area (Å²) in [5, 5.41) is -0.247. The van der Waals surface area contributed by atoms with Gasteiger partial charge in [-0.25, -0.2) is 0 Å². The lowest BCUT2D eigenvalue weighted by molar-refractivity contribution is 0.112. The number of ether oxygens (including phenoxy) is 1. The molecule has 3 rings (SSSR count). The van der Waals surface area contributed by atoms with E-state index in [-0.39, 0.29) is 5.13 Å². The largest absolute Gasteiger partial charge is 0.493 e. The minimum Gasteiger partial charge on any atom is -0.493 e. The van der Waals surface area contributed by atoms with Gasteiger partial charge in [-0.2, -0.15) is 4.39 Å². The topological polar surface area (TPSA) is 26.3 Å². The number of halogens is 1. The van der Waals surface area contributed by atoms with Crippen LogP contribution in [-0.2, 0) is 6.42 Å². The highest BCUT2D eigenvalue weighted by atomic mass is 32.1. The Labute approximate surface area is 157 Å². The number of hydrogen-bond donors (Lipinski definition) is 0. The third-order valence-corrected chi connectivity index (χ3v) is 5.10. The van der Waals surface area contributed by atoms with E-state index in [9.17, 15) is 9.18 Å². The number of rotatable bonds is 9. The molecule has 0 aliphatic carbocycles. The van der Waals surface area contributed by atoms with Gasteiger partial charge in [-0.15, -0.1) is 11.3 Å².